The highest BCUT2D eigenvalue weighted by molar-refractivity contribution is 6.06. The molecule has 2 aliphatic rings. The van der Waals surface area contributed by atoms with Crippen molar-refractivity contribution >= 4 is 11.8 Å². The zero-order valence-corrected chi connectivity index (χ0v) is 12.5. The van der Waals surface area contributed by atoms with Crippen LogP contribution in [0.15, 0.2) is 12.2 Å². The van der Waals surface area contributed by atoms with Gasteiger partial charge in [-0.2, -0.15) is 0 Å². The second kappa shape index (κ2) is 7.05. The lowest BCUT2D eigenvalue weighted by Gasteiger charge is -2.34. The van der Waals surface area contributed by atoms with Crippen LogP contribution in [0.3, 0.4) is 0 Å². The van der Waals surface area contributed by atoms with Crippen LogP contribution in [0, 0.1) is 11.3 Å². The minimum atomic E-state index is -0.895. The maximum Gasteiger partial charge on any atom is 0.319 e. The molecule has 112 valence electrons. The Labute approximate surface area is 121 Å². The van der Waals surface area contributed by atoms with E-state index < -0.39 is 5.41 Å². The minimum absolute atomic E-state index is 0.0812. The van der Waals surface area contributed by atoms with Gasteiger partial charge in [-0.05, 0) is 19.3 Å². The summed E-state index contributed by atoms with van der Waals surface area (Å²) in [5.41, 5.74) is -0.895. The van der Waals surface area contributed by atoms with Gasteiger partial charge in [-0.3, -0.25) is 9.59 Å². The molecule has 0 aliphatic heterocycles. The Bertz CT molecular complexity index is 386. The number of hydrogen-bond donors (Lipinski definition) is 0. The Balaban J connectivity index is 2.21. The molecule has 2 unspecified atom stereocenters. The lowest BCUT2D eigenvalue weighted by atomic mass is 9.67. The molecule has 0 aromatic carbocycles. The van der Waals surface area contributed by atoms with Gasteiger partial charge >= 0.3 is 5.97 Å². The Morgan fingerprint density at radius 3 is 2.50 bits per heavy atom. The summed E-state index contributed by atoms with van der Waals surface area (Å²) in [7, 11) is 1.40. The van der Waals surface area contributed by atoms with E-state index in [4.69, 9.17) is 4.74 Å². The first-order chi connectivity index (χ1) is 9.70. The Hall–Kier alpha value is -1.12. The van der Waals surface area contributed by atoms with E-state index in [9.17, 15) is 9.59 Å². The Kier molecular flexibility index (Phi) is 5.38. The standard InChI is InChI=1S/C17H26O3/c1-20-16(19)17-12-8-6-4-2-3-5-7-10-14(15(17)18)11-9-13-17/h9,11,14H,2-8,10,12-13H2,1H3. The van der Waals surface area contributed by atoms with Crippen LogP contribution >= 0.6 is 0 Å². The Morgan fingerprint density at radius 2 is 1.80 bits per heavy atom. The maximum atomic E-state index is 12.8. The van der Waals surface area contributed by atoms with Gasteiger partial charge in [-0.25, -0.2) is 0 Å². The average molecular weight is 278 g/mol. The highest BCUT2D eigenvalue weighted by Gasteiger charge is 2.48. The third-order valence-electron chi connectivity index (χ3n) is 4.84. The fourth-order valence-corrected chi connectivity index (χ4v) is 3.59. The number of Topliss-reactive ketones (excluding diaryl/α,β-unsaturated/α-hetero) is 1. The van der Waals surface area contributed by atoms with Crippen LogP contribution in [0.2, 0.25) is 0 Å². The Morgan fingerprint density at radius 1 is 1.15 bits per heavy atom. The van der Waals surface area contributed by atoms with Crippen molar-refractivity contribution in [2.24, 2.45) is 11.3 Å². The van der Waals surface area contributed by atoms with Crippen molar-refractivity contribution in [3.63, 3.8) is 0 Å². The van der Waals surface area contributed by atoms with Crippen molar-refractivity contribution < 1.29 is 14.3 Å². The summed E-state index contributed by atoms with van der Waals surface area (Å²) in [4.78, 5) is 25.1. The van der Waals surface area contributed by atoms with Crippen LogP contribution in [0.5, 0.6) is 0 Å². The second-order valence-corrected chi connectivity index (χ2v) is 6.19. The van der Waals surface area contributed by atoms with Crippen molar-refractivity contribution in [3.05, 3.63) is 12.2 Å². The molecule has 2 aliphatic carbocycles. The van der Waals surface area contributed by atoms with Crippen LogP contribution in [-0.2, 0) is 14.3 Å². The molecule has 0 amide bonds. The van der Waals surface area contributed by atoms with E-state index in [0.29, 0.717) is 12.8 Å². The highest BCUT2D eigenvalue weighted by Crippen LogP contribution is 2.40. The predicted octanol–water partition coefficient (Wildman–Crippen LogP) is 3.82. The molecular weight excluding hydrogens is 252 g/mol. The maximum absolute atomic E-state index is 12.8. The monoisotopic (exact) mass is 278 g/mol. The molecule has 0 spiro atoms. The molecule has 1 saturated carbocycles. The van der Waals surface area contributed by atoms with E-state index in [1.54, 1.807) is 0 Å². The van der Waals surface area contributed by atoms with Gasteiger partial charge in [0, 0.05) is 5.92 Å². The number of methoxy groups -OCH3 is 1. The van der Waals surface area contributed by atoms with E-state index >= 15 is 0 Å². The fourth-order valence-electron chi connectivity index (χ4n) is 3.59. The van der Waals surface area contributed by atoms with Crippen molar-refractivity contribution in [3.8, 4) is 0 Å². The molecule has 0 saturated heterocycles. The van der Waals surface area contributed by atoms with Gasteiger partial charge in [-0.15, -0.1) is 0 Å². The minimum Gasteiger partial charge on any atom is -0.468 e. The van der Waals surface area contributed by atoms with Crippen LogP contribution in [0.4, 0.5) is 0 Å². The number of hydrogen-bond acceptors (Lipinski definition) is 3. The average Bonchev–Trinajstić information content (AvgIpc) is 2.47. The summed E-state index contributed by atoms with van der Waals surface area (Å²) in [6.07, 6.45) is 14.2. The third kappa shape index (κ3) is 3.13. The second-order valence-electron chi connectivity index (χ2n) is 6.19. The molecular formula is C17H26O3. The number of esters is 1. The van der Waals surface area contributed by atoms with E-state index in [-0.39, 0.29) is 17.7 Å². The van der Waals surface area contributed by atoms with E-state index in [1.165, 1.54) is 32.8 Å². The van der Waals surface area contributed by atoms with Gasteiger partial charge < -0.3 is 4.74 Å². The molecule has 3 nitrogen and oxygen atoms in total. The number of carbonyl (C=O) groups excluding carboxylic acids is 2. The molecule has 0 heterocycles. The summed E-state index contributed by atoms with van der Waals surface area (Å²) >= 11 is 0. The molecule has 1 fully saturated rings. The number of carbonyl (C=O) groups is 2. The van der Waals surface area contributed by atoms with E-state index in [1.807, 2.05) is 12.2 Å². The molecule has 2 rings (SSSR count). The number of ether oxygens (including phenoxy) is 1. The molecule has 0 aromatic rings. The van der Waals surface area contributed by atoms with Crippen LogP contribution < -0.4 is 0 Å². The molecule has 0 radical (unpaired) electrons. The van der Waals surface area contributed by atoms with Gasteiger partial charge in [0.2, 0.25) is 0 Å². The van der Waals surface area contributed by atoms with Gasteiger partial charge in [0.1, 0.15) is 5.41 Å². The third-order valence-corrected chi connectivity index (χ3v) is 4.84. The van der Waals surface area contributed by atoms with Gasteiger partial charge in [0.25, 0.3) is 0 Å². The van der Waals surface area contributed by atoms with Crippen molar-refractivity contribution in [2.75, 3.05) is 7.11 Å². The fraction of sp³-hybridized carbons (Fsp3) is 0.765. The summed E-state index contributed by atoms with van der Waals surface area (Å²) in [5.74, 6) is -0.302. The number of allylic oxidation sites excluding steroid dienone is 2. The molecule has 2 bridgehead atoms. The first-order valence-electron chi connectivity index (χ1n) is 8.00. The summed E-state index contributed by atoms with van der Waals surface area (Å²) in [6.45, 7) is 0. The van der Waals surface area contributed by atoms with Crippen LogP contribution in [0.1, 0.15) is 64.2 Å². The number of fused-ring (bicyclic) bond motifs is 2. The highest BCUT2D eigenvalue weighted by atomic mass is 16.5. The first kappa shape index (κ1) is 15.3. The van der Waals surface area contributed by atoms with Crippen LogP contribution in [0.25, 0.3) is 0 Å². The quantitative estimate of drug-likeness (QED) is 0.416. The topological polar surface area (TPSA) is 43.4 Å². The van der Waals surface area contributed by atoms with Crippen molar-refractivity contribution in [1.82, 2.24) is 0 Å². The van der Waals surface area contributed by atoms with E-state index in [0.717, 1.165) is 25.7 Å². The lowest BCUT2D eigenvalue weighted by molar-refractivity contribution is -0.160. The number of ketones is 1. The molecule has 20 heavy (non-hydrogen) atoms. The van der Waals surface area contributed by atoms with Crippen molar-refractivity contribution in [2.45, 2.75) is 64.2 Å². The van der Waals surface area contributed by atoms with Gasteiger partial charge in [0.15, 0.2) is 5.78 Å². The predicted molar refractivity (Wildman–Crippen MR) is 78.3 cm³/mol. The van der Waals surface area contributed by atoms with Crippen LogP contribution in [-0.4, -0.2) is 18.9 Å². The first-order valence-corrected chi connectivity index (χ1v) is 8.00. The summed E-state index contributed by atoms with van der Waals surface area (Å²) in [5, 5.41) is 0. The van der Waals surface area contributed by atoms with Gasteiger partial charge in [0.05, 0.1) is 7.11 Å². The lowest BCUT2D eigenvalue weighted by Crippen LogP contribution is -2.45. The SMILES string of the molecule is COC(=O)C12CC=CC(CCCCCCCCC1)C2=O. The van der Waals surface area contributed by atoms with Gasteiger partial charge in [-0.1, -0.05) is 57.1 Å². The molecule has 0 N–H and O–H groups in total. The number of rotatable bonds is 1. The molecule has 2 atom stereocenters. The van der Waals surface area contributed by atoms with Crippen molar-refractivity contribution in [1.29, 1.82) is 0 Å². The normalized spacial score (nSPS) is 32.0. The van der Waals surface area contributed by atoms with E-state index in [2.05, 4.69) is 0 Å². The molecule has 3 heteroatoms. The zero-order valence-electron chi connectivity index (χ0n) is 12.5. The summed E-state index contributed by atoms with van der Waals surface area (Å²) < 4.78 is 4.97. The summed E-state index contributed by atoms with van der Waals surface area (Å²) in [6, 6.07) is 0. The smallest absolute Gasteiger partial charge is 0.319 e. The zero-order chi connectivity index (χ0) is 14.4. The molecule has 0 aromatic heterocycles. The largest absolute Gasteiger partial charge is 0.468 e.